The van der Waals surface area contributed by atoms with E-state index in [2.05, 4.69) is 0 Å². The van der Waals surface area contributed by atoms with E-state index < -0.39 is 7.77 Å². The third kappa shape index (κ3) is 3.17. The Hall–Kier alpha value is -0.650. The van der Waals surface area contributed by atoms with Crippen LogP contribution in [-0.2, 0) is 6.16 Å². The van der Waals surface area contributed by atoms with E-state index in [9.17, 15) is 4.89 Å². The molecule has 1 rings (SSSR count). The third-order valence-corrected chi connectivity index (χ3v) is 3.02. The molecule has 1 atom stereocenters. The normalized spacial score (nSPS) is 11.7. The minimum absolute atomic E-state index is 0.685. The summed E-state index contributed by atoms with van der Waals surface area (Å²) < 4.78 is 0. The predicted octanol–water partition coefficient (Wildman–Crippen LogP) is 2.16. The smallest absolute Gasteiger partial charge is 0.127 e. The molecule has 1 aromatic rings. The first-order valence-electron chi connectivity index (χ1n) is 4.14. The Bertz CT molecular complexity index is 254. The van der Waals surface area contributed by atoms with Gasteiger partial charge in [-0.2, -0.15) is 0 Å². The molecule has 0 aliphatic rings. The first-order chi connectivity index (χ1) is 5.83. The van der Waals surface area contributed by atoms with E-state index in [1.54, 1.807) is 0 Å². The van der Waals surface area contributed by atoms with Crippen LogP contribution in [0.5, 0.6) is 0 Å². The lowest BCUT2D eigenvalue weighted by molar-refractivity contribution is -0.153. The molecule has 0 aliphatic carbocycles. The van der Waals surface area contributed by atoms with Crippen LogP contribution in [0.3, 0.4) is 0 Å². The van der Waals surface area contributed by atoms with Crippen LogP contribution >= 0.6 is 7.77 Å². The molecule has 0 N–H and O–H groups in total. The third-order valence-electron chi connectivity index (χ3n) is 1.57. The second kappa shape index (κ2) is 5.08. The zero-order chi connectivity index (χ0) is 8.81. The van der Waals surface area contributed by atoms with Crippen LogP contribution in [0.15, 0.2) is 30.3 Å². The summed E-state index contributed by atoms with van der Waals surface area (Å²) in [5.41, 5.74) is 1.16. The van der Waals surface area contributed by atoms with Crippen molar-refractivity contribution in [2.45, 2.75) is 19.5 Å². The van der Waals surface area contributed by atoms with E-state index in [-0.39, 0.29) is 0 Å². The predicted molar refractivity (Wildman–Crippen MR) is 53.4 cm³/mol. The molecule has 0 heterocycles. The van der Waals surface area contributed by atoms with Crippen molar-refractivity contribution in [1.82, 2.24) is 0 Å². The largest absolute Gasteiger partial charge is 0.630 e. The van der Waals surface area contributed by atoms with Crippen molar-refractivity contribution in [3.05, 3.63) is 35.9 Å². The summed E-state index contributed by atoms with van der Waals surface area (Å²) in [6.07, 6.45) is 1.58. The second-order valence-electron chi connectivity index (χ2n) is 2.65. The van der Waals surface area contributed by atoms with Gasteiger partial charge in [-0.25, -0.2) is 0 Å². The van der Waals surface area contributed by atoms with E-state index in [0.717, 1.165) is 12.0 Å². The molecule has 0 saturated carbocycles. The van der Waals surface area contributed by atoms with Crippen LogP contribution in [0.1, 0.15) is 18.9 Å². The molecule has 0 amide bonds. The molecule has 1 aromatic carbocycles. The number of hydrogen-bond donors (Lipinski definition) is 0. The summed E-state index contributed by atoms with van der Waals surface area (Å²) in [6, 6.07) is 9.95. The first-order valence-corrected chi connectivity index (χ1v) is 5.65. The maximum absolute atomic E-state index is 11.3. The first kappa shape index (κ1) is 9.44. The second-order valence-corrected chi connectivity index (χ2v) is 4.17. The molecule has 64 valence electrons. The maximum atomic E-state index is 11.3. The molecule has 1 unspecified atom stereocenters. The molecule has 0 fully saturated rings. The summed E-state index contributed by atoms with van der Waals surface area (Å²) in [5, 5.41) is 0. The maximum Gasteiger partial charge on any atom is 0.127 e. The highest BCUT2D eigenvalue weighted by Gasteiger charge is 1.96. The molecule has 0 saturated heterocycles. The fraction of sp³-hybridized carbons (Fsp3) is 0.300. The van der Waals surface area contributed by atoms with Crippen LogP contribution in [0, 0.1) is 0 Å². The Morgan fingerprint density at radius 3 is 2.58 bits per heavy atom. The minimum Gasteiger partial charge on any atom is -0.630 e. The van der Waals surface area contributed by atoms with E-state index in [1.807, 2.05) is 43.1 Å². The van der Waals surface area contributed by atoms with Gasteiger partial charge in [0.15, 0.2) is 0 Å². The van der Waals surface area contributed by atoms with Crippen LogP contribution < -0.4 is 4.89 Å². The van der Waals surface area contributed by atoms with Crippen molar-refractivity contribution in [2.24, 2.45) is 0 Å². The van der Waals surface area contributed by atoms with E-state index in [1.165, 1.54) is 0 Å². The molecule has 0 spiro atoms. The average Bonchev–Trinajstić information content (AvgIpc) is 2.06. The van der Waals surface area contributed by atoms with Crippen molar-refractivity contribution in [2.75, 3.05) is 0 Å². The zero-order valence-corrected chi connectivity index (χ0v) is 8.13. The van der Waals surface area contributed by atoms with E-state index in [4.69, 9.17) is 0 Å². The molecular weight excluding hydrogens is 167 g/mol. The van der Waals surface area contributed by atoms with Gasteiger partial charge in [0.2, 0.25) is 0 Å². The van der Waals surface area contributed by atoms with Crippen LogP contribution in [-0.4, -0.2) is 5.80 Å². The average molecular weight is 180 g/mol. The Morgan fingerprint density at radius 1 is 1.33 bits per heavy atom. The highest BCUT2D eigenvalue weighted by molar-refractivity contribution is 7.49. The Balaban J connectivity index is 2.58. The monoisotopic (exact) mass is 180 g/mol. The summed E-state index contributed by atoms with van der Waals surface area (Å²) >= 11 is 0. The van der Waals surface area contributed by atoms with Crippen molar-refractivity contribution in [1.29, 1.82) is 0 Å². The number of benzene rings is 1. The van der Waals surface area contributed by atoms with Crippen molar-refractivity contribution >= 4 is 13.6 Å². The van der Waals surface area contributed by atoms with Gasteiger partial charge < -0.3 is 4.89 Å². The minimum atomic E-state index is -1.13. The number of hydrogen-bond acceptors (Lipinski definition) is 1. The highest BCUT2D eigenvalue weighted by Crippen LogP contribution is 2.18. The molecule has 0 bridgehead atoms. The van der Waals surface area contributed by atoms with Gasteiger partial charge in [0.1, 0.15) is 6.16 Å². The highest BCUT2D eigenvalue weighted by atomic mass is 31.1. The summed E-state index contributed by atoms with van der Waals surface area (Å²) in [7, 11) is -1.13. The lowest BCUT2D eigenvalue weighted by Gasteiger charge is -1.97. The zero-order valence-electron chi connectivity index (χ0n) is 7.23. The number of rotatable bonds is 3. The van der Waals surface area contributed by atoms with Crippen LogP contribution in [0.25, 0.3) is 0 Å². The summed E-state index contributed by atoms with van der Waals surface area (Å²) in [4.78, 5) is 11.3. The lowest BCUT2D eigenvalue weighted by atomic mass is 10.2. The molecule has 0 aliphatic heterocycles. The van der Waals surface area contributed by atoms with Gasteiger partial charge in [-0.1, -0.05) is 37.3 Å². The SMILES string of the molecule is CC/C=[P+](\[O-])Cc1ccccc1. The fourth-order valence-electron chi connectivity index (χ4n) is 1.03. The van der Waals surface area contributed by atoms with Gasteiger partial charge in [-0.3, -0.25) is 0 Å². The van der Waals surface area contributed by atoms with E-state index >= 15 is 0 Å². The van der Waals surface area contributed by atoms with Crippen molar-refractivity contribution in [3.63, 3.8) is 0 Å². The quantitative estimate of drug-likeness (QED) is 0.653. The standard InChI is InChI=1S/C10H13OP/c1-2-8-12(11)9-10-6-4-3-5-7-10/h3-8H,2,9H2,1H3. The molecule has 0 radical (unpaired) electrons. The Labute approximate surface area is 74.5 Å². The van der Waals surface area contributed by atoms with Gasteiger partial charge >= 0.3 is 0 Å². The lowest BCUT2D eigenvalue weighted by Crippen LogP contribution is -1.92. The summed E-state index contributed by atoms with van der Waals surface area (Å²) in [6.45, 7) is 2.01. The fourth-order valence-corrected chi connectivity index (χ4v) is 2.14. The van der Waals surface area contributed by atoms with Crippen LogP contribution in [0.2, 0.25) is 0 Å². The van der Waals surface area contributed by atoms with Gasteiger partial charge in [0, 0.05) is 6.42 Å². The van der Waals surface area contributed by atoms with Gasteiger partial charge in [-0.15, -0.1) is 0 Å². The molecule has 0 aromatic heterocycles. The molecule has 2 heteroatoms. The van der Waals surface area contributed by atoms with Gasteiger partial charge in [0.25, 0.3) is 0 Å². The Kier molecular flexibility index (Phi) is 3.99. The van der Waals surface area contributed by atoms with Gasteiger partial charge in [-0.05, 0) is 5.56 Å². The van der Waals surface area contributed by atoms with Crippen molar-refractivity contribution in [3.8, 4) is 0 Å². The Morgan fingerprint density at radius 2 is 2.00 bits per heavy atom. The topological polar surface area (TPSA) is 23.1 Å². The van der Waals surface area contributed by atoms with Gasteiger partial charge in [0.05, 0.1) is 13.6 Å². The summed E-state index contributed by atoms with van der Waals surface area (Å²) in [5.74, 6) is 1.88. The van der Waals surface area contributed by atoms with Crippen LogP contribution in [0.4, 0.5) is 0 Å². The van der Waals surface area contributed by atoms with Crippen molar-refractivity contribution < 1.29 is 4.89 Å². The molecular formula is C10H13OP. The molecule has 1 nitrogen and oxygen atoms in total. The molecule has 12 heavy (non-hydrogen) atoms. The van der Waals surface area contributed by atoms with E-state index in [0.29, 0.717) is 6.16 Å².